The summed E-state index contributed by atoms with van der Waals surface area (Å²) in [7, 11) is -2.47. The van der Waals surface area contributed by atoms with Gasteiger partial charge in [0.2, 0.25) is 21.8 Å². The van der Waals surface area contributed by atoms with Crippen molar-refractivity contribution in [2.24, 2.45) is 0 Å². The largest absolute Gasteiger partial charge is 0.326 e. The molecule has 138 valence electrons. The molecular weight excluding hydrogens is 376 g/mol. The highest BCUT2D eigenvalue weighted by molar-refractivity contribution is 7.89. The molecular formula is C16H18N4O4S2. The van der Waals surface area contributed by atoms with Gasteiger partial charge in [-0.2, -0.15) is 4.31 Å². The summed E-state index contributed by atoms with van der Waals surface area (Å²) in [5, 5.41) is 7.53. The molecule has 0 saturated carbocycles. The number of amides is 2. The number of fused-ring (bicyclic) bond motifs is 1. The molecule has 8 nitrogen and oxygen atoms in total. The Morgan fingerprint density at radius 1 is 1.38 bits per heavy atom. The second-order valence-corrected chi connectivity index (χ2v) is 8.87. The number of carbonyl (C=O) groups is 2. The first-order valence-corrected chi connectivity index (χ1v) is 10.2. The minimum atomic E-state index is -3.83. The van der Waals surface area contributed by atoms with Gasteiger partial charge in [-0.3, -0.25) is 9.59 Å². The number of rotatable bonds is 5. The van der Waals surface area contributed by atoms with E-state index >= 15 is 0 Å². The summed E-state index contributed by atoms with van der Waals surface area (Å²) >= 11 is 1.28. The fraction of sp³-hybridized carbons (Fsp3) is 0.312. The van der Waals surface area contributed by atoms with E-state index in [4.69, 9.17) is 0 Å². The first-order valence-electron chi connectivity index (χ1n) is 7.87. The average molecular weight is 394 g/mol. The Kier molecular flexibility index (Phi) is 5.08. The van der Waals surface area contributed by atoms with Crippen LogP contribution in [-0.4, -0.2) is 43.1 Å². The Bertz CT molecular complexity index is 968. The molecule has 0 saturated heterocycles. The van der Waals surface area contributed by atoms with E-state index in [9.17, 15) is 18.0 Å². The van der Waals surface area contributed by atoms with Gasteiger partial charge >= 0.3 is 0 Å². The Labute approximate surface area is 155 Å². The van der Waals surface area contributed by atoms with Gasteiger partial charge < -0.3 is 10.6 Å². The SMILES string of the molecule is Cc1csc(NC(=O)CN(C)S(=O)(=O)c2ccc3c(c2)CCC(=O)N3)n1. The number of thiazole rings is 1. The minimum absolute atomic E-state index is 0.0840. The zero-order valence-electron chi connectivity index (χ0n) is 14.3. The molecule has 2 N–H and O–H groups in total. The number of likely N-dealkylation sites (N-methyl/N-ethyl adjacent to an activating group) is 1. The first-order chi connectivity index (χ1) is 12.3. The summed E-state index contributed by atoms with van der Waals surface area (Å²) < 4.78 is 26.4. The van der Waals surface area contributed by atoms with Crippen LogP contribution in [0.25, 0.3) is 0 Å². The molecule has 1 aromatic heterocycles. The lowest BCUT2D eigenvalue weighted by atomic mass is 10.0. The van der Waals surface area contributed by atoms with Crippen molar-refractivity contribution in [1.82, 2.24) is 9.29 Å². The summed E-state index contributed by atoms with van der Waals surface area (Å²) in [6.45, 7) is 1.48. The first kappa shape index (κ1) is 18.5. The van der Waals surface area contributed by atoms with Gasteiger partial charge in [0.1, 0.15) is 0 Å². The Balaban J connectivity index is 1.72. The summed E-state index contributed by atoms with van der Waals surface area (Å²) in [5.41, 5.74) is 2.17. The maximum atomic E-state index is 12.7. The molecule has 3 rings (SSSR count). The molecule has 1 aromatic carbocycles. The number of anilines is 2. The van der Waals surface area contributed by atoms with Gasteiger partial charge in [0.15, 0.2) is 5.13 Å². The molecule has 2 aromatic rings. The topological polar surface area (TPSA) is 108 Å². The van der Waals surface area contributed by atoms with Crippen molar-refractivity contribution in [3.63, 3.8) is 0 Å². The number of nitrogens with zero attached hydrogens (tertiary/aromatic N) is 2. The molecule has 10 heteroatoms. The highest BCUT2D eigenvalue weighted by Gasteiger charge is 2.25. The predicted octanol–water partition coefficient (Wildman–Crippen LogP) is 1.60. The highest BCUT2D eigenvalue weighted by atomic mass is 32.2. The van der Waals surface area contributed by atoms with E-state index in [0.29, 0.717) is 23.7 Å². The molecule has 2 amide bonds. The third-order valence-electron chi connectivity index (χ3n) is 3.91. The molecule has 1 aliphatic rings. The normalized spacial score (nSPS) is 14.0. The number of carbonyl (C=O) groups excluding carboxylic acids is 2. The Hall–Kier alpha value is -2.30. The zero-order valence-corrected chi connectivity index (χ0v) is 15.9. The highest BCUT2D eigenvalue weighted by Crippen LogP contribution is 2.26. The van der Waals surface area contributed by atoms with E-state index in [1.165, 1.54) is 24.5 Å². The van der Waals surface area contributed by atoms with Crippen molar-refractivity contribution in [2.45, 2.75) is 24.7 Å². The number of sulfonamides is 1. The fourth-order valence-electron chi connectivity index (χ4n) is 2.56. The van der Waals surface area contributed by atoms with Gasteiger partial charge in [0, 0.05) is 24.5 Å². The molecule has 0 fully saturated rings. The quantitative estimate of drug-likeness (QED) is 0.801. The predicted molar refractivity (Wildman–Crippen MR) is 98.7 cm³/mol. The fourth-order valence-corrected chi connectivity index (χ4v) is 4.44. The Morgan fingerprint density at radius 3 is 2.85 bits per heavy atom. The van der Waals surface area contributed by atoms with Crippen LogP contribution in [0.15, 0.2) is 28.5 Å². The van der Waals surface area contributed by atoms with Crippen LogP contribution >= 0.6 is 11.3 Å². The van der Waals surface area contributed by atoms with Crippen LogP contribution in [0.3, 0.4) is 0 Å². The third kappa shape index (κ3) is 3.92. The van der Waals surface area contributed by atoms with Crippen LogP contribution < -0.4 is 10.6 Å². The second-order valence-electron chi connectivity index (χ2n) is 5.97. The maximum absolute atomic E-state index is 12.7. The number of nitrogens with one attached hydrogen (secondary N) is 2. The molecule has 1 aliphatic heterocycles. The number of hydrogen-bond acceptors (Lipinski definition) is 6. The number of hydrogen-bond donors (Lipinski definition) is 2. The number of aryl methyl sites for hydroxylation is 2. The van der Waals surface area contributed by atoms with Gasteiger partial charge in [-0.1, -0.05) is 0 Å². The van der Waals surface area contributed by atoms with Gasteiger partial charge in [0.25, 0.3) is 0 Å². The van der Waals surface area contributed by atoms with Crippen molar-refractivity contribution in [3.8, 4) is 0 Å². The lowest BCUT2D eigenvalue weighted by molar-refractivity contribution is -0.117. The molecule has 0 atom stereocenters. The van der Waals surface area contributed by atoms with Crippen molar-refractivity contribution in [2.75, 3.05) is 24.2 Å². The minimum Gasteiger partial charge on any atom is -0.326 e. The van der Waals surface area contributed by atoms with Gasteiger partial charge in [0.05, 0.1) is 17.1 Å². The van der Waals surface area contributed by atoms with E-state index < -0.39 is 15.9 Å². The molecule has 0 spiro atoms. The van der Waals surface area contributed by atoms with Gasteiger partial charge in [-0.05, 0) is 37.1 Å². The van der Waals surface area contributed by atoms with Crippen LogP contribution in [0.1, 0.15) is 17.7 Å². The van der Waals surface area contributed by atoms with Crippen LogP contribution in [0, 0.1) is 6.92 Å². The van der Waals surface area contributed by atoms with E-state index in [2.05, 4.69) is 15.6 Å². The van der Waals surface area contributed by atoms with E-state index in [-0.39, 0.29) is 17.3 Å². The van der Waals surface area contributed by atoms with Crippen molar-refractivity contribution in [3.05, 3.63) is 34.8 Å². The number of aromatic nitrogens is 1. The van der Waals surface area contributed by atoms with Crippen LogP contribution in [0.4, 0.5) is 10.8 Å². The van der Waals surface area contributed by atoms with E-state index in [0.717, 1.165) is 15.6 Å². The van der Waals surface area contributed by atoms with Crippen LogP contribution in [-0.2, 0) is 26.0 Å². The Morgan fingerprint density at radius 2 is 2.15 bits per heavy atom. The zero-order chi connectivity index (χ0) is 18.9. The van der Waals surface area contributed by atoms with Gasteiger partial charge in [-0.25, -0.2) is 13.4 Å². The average Bonchev–Trinajstić information content (AvgIpc) is 2.98. The maximum Gasteiger partial charge on any atom is 0.243 e. The van der Waals surface area contributed by atoms with Crippen LogP contribution in [0.2, 0.25) is 0 Å². The van der Waals surface area contributed by atoms with Crippen molar-refractivity contribution in [1.29, 1.82) is 0 Å². The van der Waals surface area contributed by atoms with Crippen molar-refractivity contribution < 1.29 is 18.0 Å². The molecule has 0 bridgehead atoms. The molecule has 26 heavy (non-hydrogen) atoms. The monoisotopic (exact) mass is 394 g/mol. The lowest BCUT2D eigenvalue weighted by Crippen LogP contribution is -2.35. The van der Waals surface area contributed by atoms with E-state index in [1.54, 1.807) is 24.4 Å². The molecule has 0 aliphatic carbocycles. The van der Waals surface area contributed by atoms with E-state index in [1.807, 2.05) is 0 Å². The molecule has 0 unspecified atom stereocenters. The summed E-state index contributed by atoms with van der Waals surface area (Å²) in [5.74, 6) is -0.546. The second kappa shape index (κ2) is 7.14. The molecule has 0 radical (unpaired) electrons. The smallest absolute Gasteiger partial charge is 0.243 e. The lowest BCUT2D eigenvalue weighted by Gasteiger charge is -2.20. The summed E-state index contributed by atoms with van der Waals surface area (Å²) in [6.07, 6.45) is 0.806. The summed E-state index contributed by atoms with van der Waals surface area (Å²) in [6, 6.07) is 4.55. The van der Waals surface area contributed by atoms with Gasteiger partial charge in [-0.15, -0.1) is 11.3 Å². The standard InChI is InChI=1S/C16H18N4O4S2/c1-10-9-25-16(17-10)19-15(22)8-20(2)26(23,24)12-4-5-13-11(7-12)3-6-14(21)18-13/h4-5,7,9H,3,6,8H2,1-2H3,(H,18,21)(H,17,19,22). The molecule has 2 heterocycles. The summed E-state index contributed by atoms with van der Waals surface area (Å²) in [4.78, 5) is 27.7. The number of benzene rings is 1. The van der Waals surface area contributed by atoms with Crippen molar-refractivity contribution >= 4 is 44.0 Å². The third-order valence-corrected chi connectivity index (χ3v) is 6.59. The van der Waals surface area contributed by atoms with Crippen LogP contribution in [0.5, 0.6) is 0 Å².